The first-order chi connectivity index (χ1) is 9.74. The van der Waals surface area contributed by atoms with Crippen LogP contribution >= 0.6 is 0 Å². The summed E-state index contributed by atoms with van der Waals surface area (Å²) in [6.07, 6.45) is 2.98. The number of carbonyl (C=O) groups excluding carboxylic acids is 1. The largest absolute Gasteiger partial charge is 0.392 e. The topological polar surface area (TPSA) is 65.5 Å². The van der Waals surface area contributed by atoms with Gasteiger partial charge in [-0.25, -0.2) is 4.79 Å². The number of pyridine rings is 1. The number of carbonyl (C=O) groups is 1. The number of hydrogen-bond donors (Lipinski definition) is 2. The molecule has 1 heterocycles. The van der Waals surface area contributed by atoms with Crippen LogP contribution in [0.15, 0.2) is 24.5 Å². The van der Waals surface area contributed by atoms with Gasteiger partial charge in [0.25, 0.3) is 0 Å². The van der Waals surface area contributed by atoms with Crippen molar-refractivity contribution in [2.24, 2.45) is 0 Å². The zero-order chi connectivity index (χ0) is 16.0. The van der Waals surface area contributed by atoms with Crippen LogP contribution in [0.2, 0.25) is 0 Å². The minimum atomic E-state index is -0.536. The van der Waals surface area contributed by atoms with E-state index in [9.17, 15) is 9.90 Å². The van der Waals surface area contributed by atoms with Gasteiger partial charge in [-0.15, -0.1) is 0 Å². The fourth-order valence-corrected chi connectivity index (χ4v) is 2.12. The molecule has 2 amide bonds. The van der Waals surface area contributed by atoms with E-state index >= 15 is 0 Å². The molecule has 118 valence electrons. The van der Waals surface area contributed by atoms with Crippen molar-refractivity contribution in [2.45, 2.75) is 52.2 Å². The van der Waals surface area contributed by atoms with Gasteiger partial charge in [0.15, 0.2) is 0 Å². The summed E-state index contributed by atoms with van der Waals surface area (Å²) in [5, 5.41) is 12.5. The molecule has 0 aliphatic rings. The van der Waals surface area contributed by atoms with Crippen molar-refractivity contribution < 1.29 is 9.90 Å². The molecule has 2 N–H and O–H groups in total. The van der Waals surface area contributed by atoms with Gasteiger partial charge in [0, 0.05) is 36.9 Å². The van der Waals surface area contributed by atoms with Gasteiger partial charge in [-0.2, -0.15) is 0 Å². The molecule has 0 aliphatic heterocycles. The summed E-state index contributed by atoms with van der Waals surface area (Å²) in [7, 11) is 0. The third-order valence-corrected chi connectivity index (χ3v) is 3.49. The lowest BCUT2D eigenvalue weighted by Gasteiger charge is -2.31. The molecule has 5 heteroatoms. The van der Waals surface area contributed by atoms with E-state index in [2.05, 4.69) is 24.1 Å². The second-order valence-corrected chi connectivity index (χ2v) is 6.37. The number of nitrogens with zero attached hydrogens (tertiary/aromatic N) is 2. The number of hydrogen-bond acceptors (Lipinski definition) is 3. The van der Waals surface area contributed by atoms with Gasteiger partial charge in [-0.05, 0) is 38.5 Å². The van der Waals surface area contributed by atoms with Crippen LogP contribution in [0.25, 0.3) is 0 Å². The summed E-state index contributed by atoms with van der Waals surface area (Å²) >= 11 is 0. The van der Waals surface area contributed by atoms with E-state index < -0.39 is 6.10 Å². The predicted molar refractivity (Wildman–Crippen MR) is 84.2 cm³/mol. The number of nitrogens with one attached hydrogen (secondary N) is 1. The van der Waals surface area contributed by atoms with Gasteiger partial charge in [0.05, 0.1) is 6.10 Å². The number of aromatic nitrogens is 1. The van der Waals surface area contributed by atoms with Crippen molar-refractivity contribution >= 4 is 6.03 Å². The Balaban J connectivity index is 2.66. The summed E-state index contributed by atoms with van der Waals surface area (Å²) in [6, 6.07) is 3.82. The Morgan fingerprint density at radius 2 is 1.90 bits per heavy atom. The molecule has 1 unspecified atom stereocenters. The number of urea groups is 1. The van der Waals surface area contributed by atoms with Crippen molar-refractivity contribution in [3.05, 3.63) is 30.1 Å². The minimum absolute atomic E-state index is 0.0450. The van der Waals surface area contributed by atoms with Crippen molar-refractivity contribution in [3.8, 4) is 0 Å². The molecular weight excluding hydrogens is 266 g/mol. The molecule has 1 atom stereocenters. The molecule has 0 fully saturated rings. The predicted octanol–water partition coefficient (Wildman–Crippen LogP) is 2.16. The van der Waals surface area contributed by atoms with E-state index in [1.165, 1.54) is 0 Å². The average molecular weight is 293 g/mol. The molecule has 0 saturated carbocycles. The van der Waals surface area contributed by atoms with Crippen LogP contribution in [-0.4, -0.2) is 46.3 Å². The smallest absolute Gasteiger partial charge is 0.317 e. The number of aliphatic hydroxyl groups is 1. The maximum atomic E-state index is 12.3. The van der Waals surface area contributed by atoms with Gasteiger partial charge in [-0.3, -0.25) is 4.98 Å². The summed E-state index contributed by atoms with van der Waals surface area (Å²) in [6.45, 7) is 10.6. The van der Waals surface area contributed by atoms with E-state index in [1.807, 2.05) is 26.0 Å². The van der Waals surface area contributed by atoms with Gasteiger partial charge < -0.3 is 15.3 Å². The van der Waals surface area contributed by atoms with E-state index in [0.717, 1.165) is 5.56 Å². The lowest BCUT2D eigenvalue weighted by Crippen LogP contribution is -2.49. The van der Waals surface area contributed by atoms with Crippen LogP contribution in [0.1, 0.15) is 40.2 Å². The zero-order valence-electron chi connectivity index (χ0n) is 13.6. The highest BCUT2D eigenvalue weighted by atomic mass is 16.3. The van der Waals surface area contributed by atoms with Gasteiger partial charge in [0.2, 0.25) is 0 Å². The maximum Gasteiger partial charge on any atom is 0.317 e. The molecule has 0 radical (unpaired) electrons. The summed E-state index contributed by atoms with van der Waals surface area (Å²) < 4.78 is 0. The van der Waals surface area contributed by atoms with E-state index in [4.69, 9.17) is 0 Å². The highest BCUT2D eigenvalue weighted by molar-refractivity contribution is 5.74. The second-order valence-electron chi connectivity index (χ2n) is 6.37. The van der Waals surface area contributed by atoms with Gasteiger partial charge in [-0.1, -0.05) is 13.8 Å². The standard InChI is InChI=1S/C16H27N3O2/c1-12(2)19(10-13(3)20)15(21)18-11-16(4,5)14-6-8-17-9-7-14/h6-9,12-13,20H,10-11H2,1-5H3,(H,18,21). The molecule has 0 aromatic carbocycles. The fourth-order valence-electron chi connectivity index (χ4n) is 2.12. The van der Waals surface area contributed by atoms with Crippen LogP contribution < -0.4 is 5.32 Å². The molecule has 21 heavy (non-hydrogen) atoms. The highest BCUT2D eigenvalue weighted by Crippen LogP contribution is 2.21. The lowest BCUT2D eigenvalue weighted by molar-refractivity contribution is 0.118. The van der Waals surface area contributed by atoms with Gasteiger partial charge in [0.1, 0.15) is 0 Å². The highest BCUT2D eigenvalue weighted by Gasteiger charge is 2.24. The molecule has 0 bridgehead atoms. The quantitative estimate of drug-likeness (QED) is 0.844. The minimum Gasteiger partial charge on any atom is -0.392 e. The first-order valence-electron chi connectivity index (χ1n) is 7.37. The Morgan fingerprint density at radius 3 is 2.38 bits per heavy atom. The maximum absolute atomic E-state index is 12.3. The normalized spacial score (nSPS) is 13.1. The average Bonchev–Trinajstić information content (AvgIpc) is 2.43. The Bertz CT molecular complexity index is 444. The third-order valence-electron chi connectivity index (χ3n) is 3.49. The summed E-state index contributed by atoms with van der Waals surface area (Å²) in [5.74, 6) is 0. The van der Waals surface area contributed by atoms with Crippen LogP contribution in [0, 0.1) is 0 Å². The Labute approximate surface area is 127 Å². The summed E-state index contributed by atoms with van der Waals surface area (Å²) in [4.78, 5) is 18.0. The molecule has 5 nitrogen and oxygen atoms in total. The summed E-state index contributed by atoms with van der Waals surface area (Å²) in [5.41, 5.74) is 0.955. The van der Waals surface area contributed by atoms with Gasteiger partial charge >= 0.3 is 6.03 Å². The lowest BCUT2D eigenvalue weighted by atomic mass is 9.85. The second kappa shape index (κ2) is 7.41. The Kier molecular flexibility index (Phi) is 6.15. The van der Waals surface area contributed by atoms with Crippen molar-refractivity contribution in [2.75, 3.05) is 13.1 Å². The molecule has 1 aromatic heterocycles. The molecule has 0 spiro atoms. The number of amides is 2. The zero-order valence-corrected chi connectivity index (χ0v) is 13.6. The Hall–Kier alpha value is -1.62. The van der Waals surface area contributed by atoms with Crippen molar-refractivity contribution in [3.63, 3.8) is 0 Å². The molecular formula is C16H27N3O2. The number of rotatable bonds is 6. The number of aliphatic hydroxyl groups excluding tert-OH is 1. The van der Waals surface area contributed by atoms with Crippen LogP contribution in [0.5, 0.6) is 0 Å². The fraction of sp³-hybridized carbons (Fsp3) is 0.625. The first-order valence-corrected chi connectivity index (χ1v) is 7.37. The molecule has 0 saturated heterocycles. The van der Waals surface area contributed by atoms with Crippen molar-refractivity contribution in [1.82, 2.24) is 15.2 Å². The van der Waals surface area contributed by atoms with Crippen LogP contribution in [0.3, 0.4) is 0 Å². The van der Waals surface area contributed by atoms with E-state index in [0.29, 0.717) is 13.1 Å². The van der Waals surface area contributed by atoms with E-state index in [-0.39, 0.29) is 17.5 Å². The Morgan fingerprint density at radius 1 is 1.33 bits per heavy atom. The molecule has 0 aliphatic carbocycles. The van der Waals surface area contributed by atoms with Crippen molar-refractivity contribution in [1.29, 1.82) is 0 Å². The monoisotopic (exact) mass is 293 g/mol. The van der Waals surface area contributed by atoms with E-state index in [1.54, 1.807) is 24.2 Å². The third kappa shape index (κ3) is 5.34. The molecule has 1 rings (SSSR count). The SMILES string of the molecule is CC(O)CN(C(=O)NCC(C)(C)c1ccncc1)C(C)C. The molecule has 1 aromatic rings. The van der Waals surface area contributed by atoms with Crippen LogP contribution in [-0.2, 0) is 5.41 Å². The first kappa shape index (κ1) is 17.4. The van der Waals surface area contributed by atoms with Crippen LogP contribution in [0.4, 0.5) is 4.79 Å².